The third-order valence-corrected chi connectivity index (χ3v) is 3.70. The summed E-state index contributed by atoms with van der Waals surface area (Å²) in [5.41, 5.74) is -1.24. The van der Waals surface area contributed by atoms with Gasteiger partial charge >= 0.3 is 6.18 Å². The van der Waals surface area contributed by atoms with Gasteiger partial charge in [0.05, 0.1) is 0 Å². The van der Waals surface area contributed by atoms with Crippen molar-refractivity contribution in [3.63, 3.8) is 0 Å². The second kappa shape index (κ2) is 5.43. The molecule has 2 N–H and O–H groups in total. The van der Waals surface area contributed by atoms with Gasteiger partial charge in [0, 0.05) is 25.1 Å². The van der Waals surface area contributed by atoms with Crippen LogP contribution in [0.25, 0.3) is 0 Å². The average Bonchev–Trinajstić information content (AvgIpc) is 3.17. The Labute approximate surface area is 122 Å². The van der Waals surface area contributed by atoms with Crippen LogP contribution in [0.2, 0.25) is 0 Å². The quantitative estimate of drug-likeness (QED) is 0.880. The summed E-state index contributed by atoms with van der Waals surface area (Å²) in [5, 5.41) is 11.9. The van der Waals surface area contributed by atoms with Crippen molar-refractivity contribution < 1.29 is 18.0 Å². The van der Waals surface area contributed by atoms with Crippen LogP contribution in [0.3, 0.4) is 0 Å². The Morgan fingerprint density at radius 1 is 1.27 bits per heavy atom. The van der Waals surface area contributed by atoms with Gasteiger partial charge in [-0.15, -0.1) is 0 Å². The molecule has 1 fully saturated rings. The Morgan fingerprint density at radius 2 is 2.00 bits per heavy atom. The highest BCUT2D eigenvalue weighted by Crippen LogP contribution is 2.29. The first kappa shape index (κ1) is 14.5. The molecule has 1 saturated heterocycles. The second-order valence-corrected chi connectivity index (χ2v) is 5.10. The maximum atomic E-state index is 12.5. The number of carbonyl (C=O) groups excluding carboxylic acids is 1. The van der Waals surface area contributed by atoms with Crippen LogP contribution in [0.5, 0.6) is 0 Å². The van der Waals surface area contributed by atoms with Crippen LogP contribution in [0, 0.1) is 0 Å². The Hall–Kier alpha value is -2.39. The molecular weight excluding hydrogens is 301 g/mol. The first-order valence-corrected chi connectivity index (χ1v) is 6.72. The molecule has 0 radical (unpaired) electrons. The van der Waals surface area contributed by atoms with E-state index in [1.54, 1.807) is 0 Å². The Morgan fingerprint density at radius 3 is 2.55 bits per heavy atom. The zero-order valence-corrected chi connectivity index (χ0v) is 11.4. The molecule has 118 valence electrons. The molecule has 3 heterocycles. The summed E-state index contributed by atoms with van der Waals surface area (Å²) in [7, 11) is 0. The number of hydrogen-bond donors (Lipinski definition) is 2. The molecule has 10 heteroatoms. The molecule has 0 aliphatic carbocycles. The number of rotatable bonds is 2. The molecule has 0 aromatic carbocycles. The minimum Gasteiger partial charge on any atom is -0.337 e. The van der Waals surface area contributed by atoms with E-state index in [1.807, 2.05) is 5.10 Å². The average molecular weight is 314 g/mol. The van der Waals surface area contributed by atoms with Gasteiger partial charge in [-0.05, 0) is 12.8 Å². The molecular formula is C12H13F3N6O. The summed E-state index contributed by atoms with van der Waals surface area (Å²) >= 11 is 0. The van der Waals surface area contributed by atoms with E-state index in [9.17, 15) is 18.0 Å². The van der Waals surface area contributed by atoms with Crippen molar-refractivity contribution in [3.8, 4) is 0 Å². The molecule has 0 spiro atoms. The number of nitrogens with one attached hydrogen (secondary N) is 2. The molecule has 2 aromatic rings. The van der Waals surface area contributed by atoms with E-state index < -0.39 is 17.8 Å². The Balaban J connectivity index is 1.63. The first-order valence-electron chi connectivity index (χ1n) is 6.72. The number of likely N-dealkylation sites (tertiary alicyclic amines) is 1. The van der Waals surface area contributed by atoms with E-state index in [-0.39, 0.29) is 11.6 Å². The molecule has 1 aliphatic rings. The number of aromatic amines is 2. The molecule has 3 rings (SSSR count). The van der Waals surface area contributed by atoms with E-state index >= 15 is 0 Å². The zero-order chi connectivity index (χ0) is 15.7. The lowest BCUT2D eigenvalue weighted by Crippen LogP contribution is -2.38. The normalized spacial score (nSPS) is 17.0. The van der Waals surface area contributed by atoms with Crippen molar-refractivity contribution in [1.29, 1.82) is 0 Å². The summed E-state index contributed by atoms with van der Waals surface area (Å²) < 4.78 is 37.5. The van der Waals surface area contributed by atoms with Crippen molar-refractivity contribution >= 4 is 5.91 Å². The van der Waals surface area contributed by atoms with E-state index in [4.69, 9.17) is 0 Å². The van der Waals surface area contributed by atoms with Gasteiger partial charge in [-0.25, -0.2) is 4.98 Å². The monoisotopic (exact) mass is 314 g/mol. The second-order valence-electron chi connectivity index (χ2n) is 5.10. The lowest BCUT2D eigenvalue weighted by molar-refractivity contribution is -0.141. The highest BCUT2D eigenvalue weighted by molar-refractivity contribution is 5.92. The van der Waals surface area contributed by atoms with Gasteiger partial charge in [0.25, 0.3) is 5.91 Å². The minimum atomic E-state index is -4.54. The fourth-order valence-electron chi connectivity index (χ4n) is 2.51. The number of hydrogen-bond acceptors (Lipinski definition) is 4. The van der Waals surface area contributed by atoms with Crippen LogP contribution in [0.4, 0.5) is 13.2 Å². The number of halogens is 3. The van der Waals surface area contributed by atoms with Gasteiger partial charge in [0.1, 0.15) is 17.8 Å². The number of carbonyl (C=O) groups is 1. The molecule has 0 bridgehead atoms. The number of amides is 1. The van der Waals surface area contributed by atoms with Gasteiger partial charge in [-0.1, -0.05) is 0 Å². The summed E-state index contributed by atoms with van der Waals surface area (Å²) in [6.07, 6.45) is -1.75. The Kier molecular flexibility index (Phi) is 3.59. The third-order valence-electron chi connectivity index (χ3n) is 3.70. The van der Waals surface area contributed by atoms with Crippen LogP contribution in [-0.2, 0) is 6.18 Å². The largest absolute Gasteiger partial charge is 0.432 e. The standard InChI is InChI=1S/C12H13F3N6O/c13-12(14,15)9-5-8(18-19-9)11(22)21-3-1-7(2-4-21)10-16-6-17-20-10/h5-7H,1-4H2,(H,18,19)(H,16,17,20). The highest BCUT2D eigenvalue weighted by Gasteiger charge is 2.35. The van der Waals surface area contributed by atoms with Crippen molar-refractivity contribution in [1.82, 2.24) is 30.3 Å². The van der Waals surface area contributed by atoms with Crippen LogP contribution in [-0.4, -0.2) is 49.3 Å². The lowest BCUT2D eigenvalue weighted by atomic mass is 9.96. The van der Waals surface area contributed by atoms with Crippen LogP contribution >= 0.6 is 0 Å². The molecule has 0 saturated carbocycles. The van der Waals surface area contributed by atoms with Crippen molar-refractivity contribution in [3.05, 3.63) is 29.6 Å². The van der Waals surface area contributed by atoms with Gasteiger partial charge in [-0.3, -0.25) is 15.0 Å². The third kappa shape index (κ3) is 2.81. The zero-order valence-electron chi connectivity index (χ0n) is 11.4. The first-order chi connectivity index (χ1) is 10.4. The summed E-state index contributed by atoms with van der Waals surface area (Å²) in [5.74, 6) is 0.450. The topological polar surface area (TPSA) is 90.6 Å². The van der Waals surface area contributed by atoms with Gasteiger partial charge in [-0.2, -0.15) is 23.4 Å². The van der Waals surface area contributed by atoms with Gasteiger partial charge in [0.2, 0.25) is 0 Å². The van der Waals surface area contributed by atoms with Crippen LogP contribution in [0.1, 0.15) is 40.8 Å². The van der Waals surface area contributed by atoms with Crippen LogP contribution < -0.4 is 0 Å². The molecule has 2 aromatic heterocycles. The number of alkyl halides is 3. The lowest BCUT2D eigenvalue weighted by Gasteiger charge is -2.30. The van der Waals surface area contributed by atoms with E-state index in [0.717, 1.165) is 11.9 Å². The van der Waals surface area contributed by atoms with Crippen LogP contribution in [0.15, 0.2) is 12.4 Å². The summed E-state index contributed by atoms with van der Waals surface area (Å²) in [6, 6.07) is 0.741. The number of piperidine rings is 1. The van der Waals surface area contributed by atoms with Crippen molar-refractivity contribution in [2.45, 2.75) is 24.9 Å². The fourth-order valence-corrected chi connectivity index (χ4v) is 2.51. The van der Waals surface area contributed by atoms with Gasteiger partial charge < -0.3 is 4.90 Å². The summed E-state index contributed by atoms with van der Waals surface area (Å²) in [6.45, 7) is 0.886. The molecule has 1 amide bonds. The highest BCUT2D eigenvalue weighted by atomic mass is 19.4. The summed E-state index contributed by atoms with van der Waals surface area (Å²) in [4.78, 5) is 17.8. The van der Waals surface area contributed by atoms with Gasteiger partial charge in [0.15, 0.2) is 5.69 Å². The smallest absolute Gasteiger partial charge is 0.337 e. The maximum absolute atomic E-state index is 12.5. The SMILES string of the molecule is O=C(c1cc(C(F)(F)F)[nH]n1)N1CCC(c2ncn[nH]2)CC1. The fraction of sp³-hybridized carbons (Fsp3) is 0.500. The number of H-pyrrole nitrogens is 2. The molecule has 0 atom stereocenters. The van der Waals surface area contributed by atoms with E-state index in [1.165, 1.54) is 11.2 Å². The maximum Gasteiger partial charge on any atom is 0.432 e. The molecule has 0 unspecified atom stereocenters. The number of aromatic nitrogens is 5. The molecule has 7 nitrogen and oxygen atoms in total. The predicted octanol–water partition coefficient (Wildman–Crippen LogP) is 1.57. The molecule has 22 heavy (non-hydrogen) atoms. The van der Waals surface area contributed by atoms with Crippen molar-refractivity contribution in [2.75, 3.05) is 13.1 Å². The van der Waals surface area contributed by atoms with Crippen molar-refractivity contribution in [2.24, 2.45) is 0 Å². The van der Waals surface area contributed by atoms with E-state index in [2.05, 4.69) is 20.3 Å². The van der Waals surface area contributed by atoms with E-state index in [0.29, 0.717) is 25.9 Å². The molecule has 1 aliphatic heterocycles. The number of nitrogens with zero attached hydrogens (tertiary/aromatic N) is 4. The minimum absolute atomic E-state index is 0.177. The Bertz CT molecular complexity index is 642. The predicted molar refractivity (Wildman–Crippen MR) is 67.9 cm³/mol.